The number of benzene rings is 1. The summed E-state index contributed by atoms with van der Waals surface area (Å²) in [7, 11) is 0. The molecule has 0 radical (unpaired) electrons. The summed E-state index contributed by atoms with van der Waals surface area (Å²) in [6.45, 7) is 8.06. The van der Waals surface area contributed by atoms with E-state index >= 15 is 0 Å². The minimum atomic E-state index is -4.54. The van der Waals surface area contributed by atoms with Gasteiger partial charge in [-0.25, -0.2) is 4.98 Å². The van der Waals surface area contributed by atoms with Crippen molar-refractivity contribution in [2.75, 3.05) is 31.1 Å². The number of hydrogen-bond donors (Lipinski definition) is 0. The lowest BCUT2D eigenvalue weighted by molar-refractivity contribution is -0.146. The van der Waals surface area contributed by atoms with Crippen molar-refractivity contribution in [2.45, 2.75) is 26.4 Å². The van der Waals surface area contributed by atoms with Crippen LogP contribution in [0.3, 0.4) is 0 Å². The van der Waals surface area contributed by atoms with Crippen LogP contribution in [0.4, 0.5) is 18.9 Å². The Labute approximate surface area is 161 Å². The molecule has 0 unspecified atom stereocenters. The number of alkyl halides is 3. The van der Waals surface area contributed by atoms with Crippen LogP contribution < -0.4 is 4.90 Å². The Bertz CT molecular complexity index is 944. The molecule has 1 aromatic carbocycles. The fourth-order valence-electron chi connectivity index (χ4n) is 3.80. The van der Waals surface area contributed by atoms with Crippen molar-refractivity contribution in [1.82, 2.24) is 14.4 Å². The van der Waals surface area contributed by atoms with Crippen LogP contribution in [0.25, 0.3) is 11.0 Å². The van der Waals surface area contributed by atoms with Gasteiger partial charge in [0.15, 0.2) is 0 Å². The van der Waals surface area contributed by atoms with Gasteiger partial charge in [0.2, 0.25) is 12.7 Å². The normalized spacial score (nSPS) is 16.1. The van der Waals surface area contributed by atoms with Gasteiger partial charge in [-0.15, -0.1) is 0 Å². The lowest BCUT2D eigenvalue weighted by Crippen LogP contribution is -2.50. The van der Waals surface area contributed by atoms with Crippen molar-refractivity contribution in [3.8, 4) is 0 Å². The van der Waals surface area contributed by atoms with Gasteiger partial charge in [-0.2, -0.15) is 13.2 Å². The van der Waals surface area contributed by atoms with Gasteiger partial charge in [0.25, 0.3) is 0 Å². The summed E-state index contributed by atoms with van der Waals surface area (Å²) < 4.78 is 47.6. The number of para-hydroxylation sites is 1. The van der Waals surface area contributed by atoms with Gasteiger partial charge in [0, 0.05) is 26.2 Å². The Kier molecular flexibility index (Phi) is 4.87. The number of nitrogens with zero attached hydrogens (tertiary/aromatic N) is 4. The fourth-order valence-corrected chi connectivity index (χ4v) is 3.80. The van der Waals surface area contributed by atoms with Gasteiger partial charge in [0.05, 0.1) is 24.0 Å². The molecule has 4 rings (SSSR count). The van der Waals surface area contributed by atoms with Crippen molar-refractivity contribution < 1.29 is 17.6 Å². The van der Waals surface area contributed by atoms with Crippen molar-refractivity contribution in [1.29, 1.82) is 0 Å². The van der Waals surface area contributed by atoms with E-state index in [0.29, 0.717) is 23.6 Å². The number of rotatable bonds is 4. The van der Waals surface area contributed by atoms with Gasteiger partial charge >= 0.3 is 6.18 Å². The van der Waals surface area contributed by atoms with E-state index in [-0.39, 0.29) is 6.54 Å². The number of piperazine rings is 1. The molecule has 28 heavy (non-hydrogen) atoms. The predicted molar refractivity (Wildman–Crippen MR) is 104 cm³/mol. The van der Waals surface area contributed by atoms with Crippen LogP contribution in [-0.4, -0.2) is 47.4 Å². The lowest BCUT2D eigenvalue weighted by Gasteiger charge is -2.37. The average molecular weight is 390 g/mol. The molecule has 1 aliphatic rings. The third-order valence-electron chi connectivity index (χ3n) is 5.29. The molecular formula is C19H22BF3N4O. The molecule has 148 valence electrons. The van der Waals surface area contributed by atoms with E-state index in [2.05, 4.69) is 28.3 Å². The summed E-state index contributed by atoms with van der Waals surface area (Å²) >= 11 is 0. The number of halogens is 3. The highest BCUT2D eigenvalue weighted by molar-refractivity contribution is 6.52. The van der Waals surface area contributed by atoms with Crippen LogP contribution in [-0.2, 0) is 12.7 Å². The second-order valence-corrected chi connectivity index (χ2v) is 7.36. The monoisotopic (exact) mass is 390 g/mol. The largest absolute Gasteiger partial charge is 0.467 e. The first-order valence-corrected chi connectivity index (χ1v) is 9.42. The molecule has 9 heteroatoms. The van der Waals surface area contributed by atoms with Crippen LogP contribution in [0, 0.1) is 0 Å². The highest BCUT2D eigenvalue weighted by atomic mass is 19.4. The minimum Gasteiger partial charge on any atom is -0.467 e. The van der Waals surface area contributed by atoms with E-state index in [1.54, 1.807) is 24.3 Å². The van der Waals surface area contributed by atoms with Crippen molar-refractivity contribution >= 4 is 23.6 Å². The van der Waals surface area contributed by atoms with Crippen LogP contribution in [0.2, 0.25) is 13.6 Å². The van der Waals surface area contributed by atoms with Crippen LogP contribution in [0.5, 0.6) is 0 Å². The second kappa shape index (κ2) is 7.20. The average Bonchev–Trinajstić information content (AvgIpc) is 3.30. The second-order valence-electron chi connectivity index (χ2n) is 7.36. The van der Waals surface area contributed by atoms with Gasteiger partial charge in [-0.05, 0) is 24.3 Å². The topological polar surface area (TPSA) is 37.4 Å². The third kappa shape index (κ3) is 3.51. The third-order valence-corrected chi connectivity index (χ3v) is 5.29. The van der Waals surface area contributed by atoms with Gasteiger partial charge in [-0.3, -0.25) is 0 Å². The first-order valence-electron chi connectivity index (χ1n) is 9.42. The van der Waals surface area contributed by atoms with E-state index in [1.165, 1.54) is 10.8 Å². The van der Waals surface area contributed by atoms with Crippen LogP contribution in [0.15, 0.2) is 41.0 Å². The Morgan fingerprint density at radius 3 is 2.43 bits per heavy atom. The van der Waals surface area contributed by atoms with Crippen LogP contribution >= 0.6 is 0 Å². The highest BCUT2D eigenvalue weighted by Gasteiger charge is 2.38. The Morgan fingerprint density at radius 2 is 1.82 bits per heavy atom. The molecule has 1 fully saturated rings. The standard InChI is InChI=1S/C19H22BF3N4O/c1-20(2)26-10-8-25(9-11-26)15-6-3-7-16-17(15)24-18(19(21,22)23)27(16)13-14-5-4-12-28-14/h3-7,12H,8-11,13H2,1-2H3. The number of imidazole rings is 1. The number of hydrogen-bond acceptors (Lipinski definition) is 4. The van der Waals surface area contributed by atoms with E-state index in [0.717, 1.165) is 31.9 Å². The maximum absolute atomic E-state index is 13.7. The molecule has 0 saturated carbocycles. The Hall–Kier alpha value is -2.42. The van der Waals surface area contributed by atoms with E-state index in [4.69, 9.17) is 4.42 Å². The molecule has 0 N–H and O–H groups in total. The number of aromatic nitrogens is 2. The highest BCUT2D eigenvalue weighted by Crippen LogP contribution is 2.35. The predicted octanol–water partition coefficient (Wildman–Crippen LogP) is 4.07. The molecule has 0 bridgehead atoms. The van der Waals surface area contributed by atoms with Gasteiger partial charge in [-0.1, -0.05) is 19.7 Å². The number of furan rings is 1. The van der Waals surface area contributed by atoms with Crippen molar-refractivity contribution in [3.05, 3.63) is 48.2 Å². The summed E-state index contributed by atoms with van der Waals surface area (Å²) in [5.74, 6) is -0.437. The molecule has 3 aromatic rings. The molecular weight excluding hydrogens is 368 g/mol. The van der Waals surface area contributed by atoms with E-state index < -0.39 is 12.0 Å². The first-order chi connectivity index (χ1) is 13.3. The maximum Gasteiger partial charge on any atom is 0.449 e. The minimum absolute atomic E-state index is 0.0110. The Morgan fingerprint density at radius 1 is 1.07 bits per heavy atom. The molecule has 3 heterocycles. The summed E-state index contributed by atoms with van der Waals surface area (Å²) in [6, 6.07) is 8.68. The summed E-state index contributed by atoms with van der Waals surface area (Å²) in [5.41, 5.74) is 1.61. The SMILES string of the molecule is CB(C)N1CCN(c2cccc3c2nc(C(F)(F)F)n3Cc2ccco2)CC1. The summed E-state index contributed by atoms with van der Waals surface area (Å²) in [5, 5.41) is 0. The molecule has 1 aliphatic heterocycles. The summed E-state index contributed by atoms with van der Waals surface area (Å²) in [6.07, 6.45) is -3.08. The molecule has 0 aliphatic carbocycles. The van der Waals surface area contributed by atoms with Crippen LogP contribution in [0.1, 0.15) is 11.6 Å². The number of fused-ring (bicyclic) bond motifs is 1. The first kappa shape index (κ1) is 18.9. The molecule has 1 saturated heterocycles. The maximum atomic E-state index is 13.7. The molecule has 0 amide bonds. The van der Waals surface area contributed by atoms with Gasteiger partial charge < -0.3 is 18.7 Å². The quantitative estimate of drug-likeness (QED) is 0.630. The zero-order valence-corrected chi connectivity index (χ0v) is 15.9. The summed E-state index contributed by atoms with van der Waals surface area (Å²) in [4.78, 5) is 8.53. The fraction of sp³-hybridized carbons (Fsp3) is 0.421. The Balaban J connectivity index is 1.75. The van der Waals surface area contributed by atoms with Gasteiger partial charge in [0.1, 0.15) is 11.3 Å². The smallest absolute Gasteiger partial charge is 0.449 e. The van der Waals surface area contributed by atoms with E-state index in [9.17, 15) is 13.2 Å². The van der Waals surface area contributed by atoms with Crippen molar-refractivity contribution in [3.63, 3.8) is 0 Å². The number of anilines is 1. The molecule has 0 spiro atoms. The van der Waals surface area contributed by atoms with E-state index in [1.807, 2.05) is 6.07 Å². The molecule has 2 aromatic heterocycles. The molecule has 5 nitrogen and oxygen atoms in total. The zero-order chi connectivity index (χ0) is 19.9. The molecule has 0 atom stereocenters. The van der Waals surface area contributed by atoms with Crippen molar-refractivity contribution in [2.24, 2.45) is 0 Å². The zero-order valence-electron chi connectivity index (χ0n) is 15.9. The lowest BCUT2D eigenvalue weighted by atomic mass is 9.66.